The van der Waals surface area contributed by atoms with E-state index in [4.69, 9.17) is 0 Å². The van der Waals surface area contributed by atoms with Crippen LogP contribution in [0.1, 0.15) is 40.0 Å². The maximum absolute atomic E-state index is 4.35. The summed E-state index contributed by atoms with van der Waals surface area (Å²) in [4.78, 5) is 6.91. The number of hydrogen-bond donors (Lipinski definition) is 1. The van der Waals surface area contributed by atoms with Crippen LogP contribution in [0.3, 0.4) is 0 Å². The van der Waals surface area contributed by atoms with Crippen LogP contribution in [0.2, 0.25) is 0 Å². The van der Waals surface area contributed by atoms with E-state index in [1.165, 1.54) is 24.9 Å². The van der Waals surface area contributed by atoms with Gasteiger partial charge in [-0.3, -0.25) is 0 Å². The Kier molecular flexibility index (Phi) is 4.45. The van der Waals surface area contributed by atoms with Gasteiger partial charge in [0.2, 0.25) is 0 Å². The normalized spacial score (nSPS) is 14.9. The lowest BCUT2D eigenvalue weighted by atomic mass is 10.1. The zero-order valence-electron chi connectivity index (χ0n) is 11.8. The Morgan fingerprint density at radius 1 is 1.44 bits per heavy atom. The van der Waals surface area contributed by atoms with E-state index < -0.39 is 0 Å². The number of pyridine rings is 1. The van der Waals surface area contributed by atoms with Gasteiger partial charge in [-0.05, 0) is 38.2 Å². The van der Waals surface area contributed by atoms with Crippen molar-refractivity contribution in [1.82, 2.24) is 4.98 Å². The molecule has 3 nitrogen and oxygen atoms in total. The Balaban J connectivity index is 2.06. The van der Waals surface area contributed by atoms with Gasteiger partial charge in [-0.1, -0.05) is 13.8 Å². The molecule has 1 heterocycles. The van der Waals surface area contributed by atoms with E-state index in [0.29, 0.717) is 0 Å². The van der Waals surface area contributed by atoms with Crippen molar-refractivity contribution in [3.63, 3.8) is 0 Å². The molecule has 2 rings (SSSR count). The molecule has 18 heavy (non-hydrogen) atoms. The van der Waals surface area contributed by atoms with E-state index in [0.717, 1.165) is 30.9 Å². The highest BCUT2D eigenvalue weighted by molar-refractivity contribution is 5.55. The third-order valence-corrected chi connectivity index (χ3v) is 3.37. The number of rotatable bonds is 7. The van der Waals surface area contributed by atoms with E-state index in [9.17, 15) is 0 Å². The van der Waals surface area contributed by atoms with Crippen LogP contribution in [-0.4, -0.2) is 24.1 Å². The molecule has 0 atom stereocenters. The number of aromatic nitrogens is 1. The van der Waals surface area contributed by atoms with Gasteiger partial charge in [-0.2, -0.15) is 0 Å². The number of anilines is 2. The van der Waals surface area contributed by atoms with Crippen LogP contribution in [-0.2, 0) is 0 Å². The molecule has 0 unspecified atom stereocenters. The van der Waals surface area contributed by atoms with Gasteiger partial charge in [-0.15, -0.1) is 0 Å². The summed E-state index contributed by atoms with van der Waals surface area (Å²) in [5.41, 5.74) is 1.32. The largest absolute Gasteiger partial charge is 0.370 e. The van der Waals surface area contributed by atoms with Crippen molar-refractivity contribution in [1.29, 1.82) is 0 Å². The fourth-order valence-corrected chi connectivity index (χ4v) is 2.18. The van der Waals surface area contributed by atoms with Gasteiger partial charge >= 0.3 is 0 Å². The summed E-state index contributed by atoms with van der Waals surface area (Å²) in [6, 6.07) is 5.09. The van der Waals surface area contributed by atoms with Crippen molar-refractivity contribution in [3.8, 4) is 0 Å². The summed E-state index contributed by atoms with van der Waals surface area (Å²) < 4.78 is 0. The van der Waals surface area contributed by atoms with E-state index in [-0.39, 0.29) is 0 Å². The third kappa shape index (κ3) is 3.62. The molecule has 1 saturated carbocycles. The average molecular weight is 247 g/mol. The Labute approximate surface area is 111 Å². The average Bonchev–Trinajstić information content (AvgIpc) is 3.14. The maximum Gasteiger partial charge on any atom is 0.127 e. The first-order chi connectivity index (χ1) is 8.70. The topological polar surface area (TPSA) is 28.2 Å². The predicted octanol–water partition coefficient (Wildman–Crippen LogP) is 3.53. The molecular formula is C15H25N3. The lowest BCUT2D eigenvalue weighted by Crippen LogP contribution is -2.27. The molecule has 1 aromatic rings. The minimum absolute atomic E-state index is 0.764. The molecule has 0 aliphatic heterocycles. The van der Waals surface area contributed by atoms with Crippen molar-refractivity contribution in [2.24, 2.45) is 5.92 Å². The van der Waals surface area contributed by atoms with Crippen LogP contribution in [0.4, 0.5) is 11.5 Å². The SMILES string of the molecule is CCNc1cc(N(CCC(C)C)C2CC2)ccn1. The van der Waals surface area contributed by atoms with Gasteiger partial charge < -0.3 is 10.2 Å². The van der Waals surface area contributed by atoms with Crippen LogP contribution in [0.15, 0.2) is 18.3 Å². The molecule has 1 N–H and O–H groups in total. The van der Waals surface area contributed by atoms with Gasteiger partial charge in [0.1, 0.15) is 5.82 Å². The molecule has 1 aliphatic rings. The van der Waals surface area contributed by atoms with Crippen molar-refractivity contribution >= 4 is 11.5 Å². The first kappa shape index (κ1) is 13.2. The number of hydrogen-bond acceptors (Lipinski definition) is 3. The minimum Gasteiger partial charge on any atom is -0.370 e. The Hall–Kier alpha value is -1.25. The quantitative estimate of drug-likeness (QED) is 0.799. The first-order valence-corrected chi connectivity index (χ1v) is 7.17. The lowest BCUT2D eigenvalue weighted by molar-refractivity contribution is 0.570. The van der Waals surface area contributed by atoms with Gasteiger partial charge in [0.15, 0.2) is 0 Å². The molecule has 3 heteroatoms. The molecule has 1 fully saturated rings. The van der Waals surface area contributed by atoms with E-state index in [1.807, 2.05) is 6.20 Å². The smallest absolute Gasteiger partial charge is 0.127 e. The molecule has 1 aliphatic carbocycles. The number of nitrogens with one attached hydrogen (secondary N) is 1. The van der Waals surface area contributed by atoms with E-state index in [2.05, 4.69) is 48.1 Å². The van der Waals surface area contributed by atoms with Gasteiger partial charge in [0, 0.05) is 37.1 Å². The molecule has 0 amide bonds. The molecular weight excluding hydrogens is 222 g/mol. The summed E-state index contributed by atoms with van der Waals surface area (Å²) in [7, 11) is 0. The minimum atomic E-state index is 0.764. The standard InChI is InChI=1S/C15H25N3/c1-4-16-15-11-14(7-9-17-15)18(13-5-6-13)10-8-12(2)3/h7,9,11-13H,4-6,8,10H2,1-3H3,(H,16,17). The molecule has 1 aromatic heterocycles. The first-order valence-electron chi connectivity index (χ1n) is 7.17. The highest BCUT2D eigenvalue weighted by Gasteiger charge is 2.29. The second-order valence-corrected chi connectivity index (χ2v) is 5.54. The molecule has 100 valence electrons. The second-order valence-electron chi connectivity index (χ2n) is 5.54. The van der Waals surface area contributed by atoms with E-state index >= 15 is 0 Å². The van der Waals surface area contributed by atoms with E-state index in [1.54, 1.807) is 0 Å². The monoisotopic (exact) mass is 247 g/mol. The Morgan fingerprint density at radius 3 is 2.83 bits per heavy atom. The van der Waals surface area contributed by atoms with Crippen LogP contribution in [0, 0.1) is 5.92 Å². The van der Waals surface area contributed by atoms with Gasteiger partial charge in [-0.25, -0.2) is 4.98 Å². The fourth-order valence-electron chi connectivity index (χ4n) is 2.18. The molecule has 0 spiro atoms. The highest BCUT2D eigenvalue weighted by atomic mass is 15.2. The van der Waals surface area contributed by atoms with Gasteiger partial charge in [0.05, 0.1) is 0 Å². The maximum atomic E-state index is 4.35. The molecule has 0 bridgehead atoms. The Morgan fingerprint density at radius 2 is 2.22 bits per heavy atom. The third-order valence-electron chi connectivity index (χ3n) is 3.37. The fraction of sp³-hybridized carbons (Fsp3) is 0.667. The zero-order valence-corrected chi connectivity index (χ0v) is 11.8. The van der Waals surface area contributed by atoms with Crippen LogP contribution >= 0.6 is 0 Å². The van der Waals surface area contributed by atoms with Crippen LogP contribution in [0.25, 0.3) is 0 Å². The van der Waals surface area contributed by atoms with Crippen molar-refractivity contribution in [2.75, 3.05) is 23.3 Å². The van der Waals surface area contributed by atoms with Crippen LogP contribution in [0.5, 0.6) is 0 Å². The summed E-state index contributed by atoms with van der Waals surface area (Å²) in [5, 5.41) is 3.29. The number of nitrogens with zero attached hydrogens (tertiary/aromatic N) is 2. The Bertz CT molecular complexity index is 372. The van der Waals surface area contributed by atoms with Crippen LogP contribution < -0.4 is 10.2 Å². The van der Waals surface area contributed by atoms with Crippen molar-refractivity contribution in [2.45, 2.75) is 46.1 Å². The molecule has 0 saturated heterocycles. The zero-order chi connectivity index (χ0) is 13.0. The highest BCUT2D eigenvalue weighted by Crippen LogP contribution is 2.32. The van der Waals surface area contributed by atoms with Crippen molar-refractivity contribution in [3.05, 3.63) is 18.3 Å². The lowest BCUT2D eigenvalue weighted by Gasteiger charge is -2.26. The predicted molar refractivity (Wildman–Crippen MR) is 78.2 cm³/mol. The summed E-state index contributed by atoms with van der Waals surface area (Å²) in [6.45, 7) is 8.78. The molecule has 0 aromatic carbocycles. The second kappa shape index (κ2) is 6.07. The summed E-state index contributed by atoms with van der Waals surface area (Å²) in [6.07, 6.45) is 5.86. The summed E-state index contributed by atoms with van der Waals surface area (Å²) in [5.74, 6) is 1.76. The van der Waals surface area contributed by atoms with Gasteiger partial charge in [0.25, 0.3) is 0 Å². The van der Waals surface area contributed by atoms with Crippen molar-refractivity contribution < 1.29 is 0 Å². The molecule has 0 radical (unpaired) electrons. The summed E-state index contributed by atoms with van der Waals surface area (Å²) >= 11 is 0.